The van der Waals surface area contributed by atoms with Crippen LogP contribution in [-0.4, -0.2) is 29.2 Å². The van der Waals surface area contributed by atoms with Gasteiger partial charge in [-0.3, -0.25) is 9.59 Å². The Morgan fingerprint density at radius 2 is 2.00 bits per heavy atom. The highest BCUT2D eigenvalue weighted by Gasteiger charge is 2.35. The Balaban J connectivity index is 1.43. The van der Waals surface area contributed by atoms with Crippen molar-refractivity contribution in [3.05, 3.63) is 54.1 Å². The van der Waals surface area contributed by atoms with Crippen LogP contribution >= 0.6 is 0 Å². The van der Waals surface area contributed by atoms with Gasteiger partial charge in [0.15, 0.2) is 5.60 Å². The number of carbonyl (C=O) groups excluding carboxylic acids is 2. The third-order valence-corrected chi connectivity index (χ3v) is 4.48. The van der Waals surface area contributed by atoms with Crippen LogP contribution in [0.15, 0.2) is 53.7 Å². The Hall–Kier alpha value is -3.35. The SMILES string of the molecule is CC1(C)Oc2cc(NC(=O)C3CC(c4ccccc4)=NO3)ccc2NC1=O. The maximum Gasteiger partial charge on any atom is 0.268 e. The molecule has 2 aromatic rings. The van der Waals surface area contributed by atoms with E-state index in [2.05, 4.69) is 15.8 Å². The predicted octanol–water partition coefficient (Wildman–Crippen LogP) is 2.93. The molecular weight excluding hydrogens is 346 g/mol. The molecule has 0 spiro atoms. The number of benzene rings is 2. The van der Waals surface area contributed by atoms with Crippen LogP contribution in [0.1, 0.15) is 25.8 Å². The number of fused-ring (bicyclic) bond motifs is 1. The molecule has 27 heavy (non-hydrogen) atoms. The van der Waals surface area contributed by atoms with Crippen molar-refractivity contribution < 1.29 is 19.2 Å². The minimum Gasteiger partial charge on any atom is -0.476 e. The summed E-state index contributed by atoms with van der Waals surface area (Å²) in [6.07, 6.45) is -0.284. The van der Waals surface area contributed by atoms with Gasteiger partial charge in [0.05, 0.1) is 11.4 Å². The van der Waals surface area contributed by atoms with Crippen molar-refractivity contribution in [2.75, 3.05) is 10.6 Å². The Labute approximate surface area is 156 Å². The first-order valence-electron chi connectivity index (χ1n) is 8.66. The molecule has 2 heterocycles. The van der Waals surface area contributed by atoms with Crippen LogP contribution in [0.5, 0.6) is 5.75 Å². The number of ether oxygens (including phenoxy) is 1. The third-order valence-electron chi connectivity index (χ3n) is 4.48. The van der Waals surface area contributed by atoms with Crippen molar-refractivity contribution in [1.29, 1.82) is 0 Å². The topological polar surface area (TPSA) is 89.0 Å². The monoisotopic (exact) mass is 365 g/mol. The molecule has 0 aromatic heterocycles. The standard InChI is InChI=1S/C20H19N3O4/c1-20(2)19(25)22-14-9-8-13(10-16(14)26-20)21-18(24)17-11-15(23-27-17)12-6-4-3-5-7-12/h3-10,17H,11H2,1-2H3,(H,21,24)(H,22,25). The lowest BCUT2D eigenvalue weighted by Gasteiger charge is -2.31. The second-order valence-corrected chi connectivity index (χ2v) is 6.97. The lowest BCUT2D eigenvalue weighted by Crippen LogP contribution is -2.45. The summed E-state index contributed by atoms with van der Waals surface area (Å²) in [4.78, 5) is 29.7. The van der Waals surface area contributed by atoms with E-state index in [0.717, 1.165) is 11.3 Å². The second kappa shape index (κ2) is 6.42. The van der Waals surface area contributed by atoms with Crippen molar-refractivity contribution in [2.45, 2.75) is 32.0 Å². The highest BCUT2D eigenvalue weighted by atomic mass is 16.6. The molecule has 0 bridgehead atoms. The zero-order chi connectivity index (χ0) is 19.0. The van der Waals surface area contributed by atoms with E-state index in [1.54, 1.807) is 32.0 Å². The molecule has 4 rings (SSSR count). The Bertz CT molecular complexity index is 937. The van der Waals surface area contributed by atoms with Gasteiger partial charge in [0.2, 0.25) is 6.10 Å². The highest BCUT2D eigenvalue weighted by molar-refractivity contribution is 6.06. The molecule has 2 aliphatic rings. The van der Waals surface area contributed by atoms with Gasteiger partial charge >= 0.3 is 0 Å². The van der Waals surface area contributed by atoms with E-state index in [-0.39, 0.29) is 11.8 Å². The van der Waals surface area contributed by atoms with Crippen molar-refractivity contribution in [2.24, 2.45) is 5.16 Å². The molecule has 138 valence electrons. The zero-order valence-electron chi connectivity index (χ0n) is 15.0. The number of hydrogen-bond acceptors (Lipinski definition) is 5. The number of hydrogen-bond donors (Lipinski definition) is 2. The van der Waals surface area contributed by atoms with E-state index in [1.165, 1.54) is 0 Å². The molecule has 2 N–H and O–H groups in total. The molecule has 0 saturated carbocycles. The van der Waals surface area contributed by atoms with Crippen LogP contribution in [0.2, 0.25) is 0 Å². The summed E-state index contributed by atoms with van der Waals surface area (Å²) in [6, 6.07) is 14.7. The highest BCUT2D eigenvalue weighted by Crippen LogP contribution is 2.35. The summed E-state index contributed by atoms with van der Waals surface area (Å²) >= 11 is 0. The van der Waals surface area contributed by atoms with Gasteiger partial charge in [-0.2, -0.15) is 0 Å². The molecule has 0 radical (unpaired) electrons. The quantitative estimate of drug-likeness (QED) is 0.875. The van der Waals surface area contributed by atoms with Crippen LogP contribution in [-0.2, 0) is 14.4 Å². The maximum absolute atomic E-state index is 12.5. The number of anilines is 2. The number of nitrogens with one attached hydrogen (secondary N) is 2. The number of nitrogens with zero attached hydrogens (tertiary/aromatic N) is 1. The van der Waals surface area contributed by atoms with E-state index < -0.39 is 11.7 Å². The largest absolute Gasteiger partial charge is 0.476 e. The van der Waals surface area contributed by atoms with Crippen LogP contribution in [0.25, 0.3) is 0 Å². The van der Waals surface area contributed by atoms with Gasteiger partial charge < -0.3 is 20.2 Å². The third kappa shape index (κ3) is 3.36. The van der Waals surface area contributed by atoms with Crippen molar-refractivity contribution in [3.63, 3.8) is 0 Å². The number of carbonyl (C=O) groups is 2. The predicted molar refractivity (Wildman–Crippen MR) is 101 cm³/mol. The van der Waals surface area contributed by atoms with Gasteiger partial charge in [-0.1, -0.05) is 35.5 Å². The summed E-state index contributed by atoms with van der Waals surface area (Å²) < 4.78 is 5.74. The minimum absolute atomic E-state index is 0.211. The molecule has 1 atom stereocenters. The Morgan fingerprint density at radius 1 is 1.22 bits per heavy atom. The van der Waals surface area contributed by atoms with Gasteiger partial charge in [-0.15, -0.1) is 0 Å². The molecule has 0 fully saturated rings. The van der Waals surface area contributed by atoms with Crippen LogP contribution in [0.3, 0.4) is 0 Å². The van der Waals surface area contributed by atoms with E-state index in [4.69, 9.17) is 9.57 Å². The first-order valence-corrected chi connectivity index (χ1v) is 8.66. The van der Waals surface area contributed by atoms with Gasteiger partial charge in [0.1, 0.15) is 5.75 Å². The van der Waals surface area contributed by atoms with Crippen LogP contribution in [0, 0.1) is 0 Å². The van der Waals surface area contributed by atoms with Gasteiger partial charge in [0.25, 0.3) is 11.8 Å². The normalized spacial score (nSPS) is 19.9. The summed E-state index contributed by atoms with van der Waals surface area (Å²) in [5.74, 6) is 0.00596. The lowest BCUT2D eigenvalue weighted by atomic mass is 10.0. The molecule has 0 aliphatic carbocycles. The molecule has 0 saturated heterocycles. The van der Waals surface area contributed by atoms with Crippen LogP contribution < -0.4 is 15.4 Å². The average molecular weight is 365 g/mol. The smallest absolute Gasteiger partial charge is 0.268 e. The average Bonchev–Trinajstić information content (AvgIpc) is 3.14. The summed E-state index contributed by atoms with van der Waals surface area (Å²) in [7, 11) is 0. The van der Waals surface area contributed by atoms with Crippen molar-refractivity contribution in [3.8, 4) is 5.75 Å². The first kappa shape index (κ1) is 17.1. The van der Waals surface area contributed by atoms with E-state index in [9.17, 15) is 9.59 Å². The summed E-state index contributed by atoms with van der Waals surface area (Å²) in [6.45, 7) is 3.37. The fourth-order valence-corrected chi connectivity index (χ4v) is 2.92. The zero-order valence-corrected chi connectivity index (χ0v) is 15.0. The maximum atomic E-state index is 12.5. The van der Waals surface area contributed by atoms with E-state index in [1.807, 2.05) is 30.3 Å². The molecule has 2 amide bonds. The fraction of sp³-hybridized carbons (Fsp3) is 0.250. The van der Waals surface area contributed by atoms with Crippen molar-refractivity contribution >= 4 is 28.9 Å². The minimum atomic E-state index is -0.970. The van der Waals surface area contributed by atoms with Crippen LogP contribution in [0.4, 0.5) is 11.4 Å². The number of rotatable bonds is 3. The second-order valence-electron chi connectivity index (χ2n) is 6.97. The Kier molecular flexibility index (Phi) is 4.07. The van der Waals surface area contributed by atoms with Crippen molar-refractivity contribution in [1.82, 2.24) is 0 Å². The summed E-state index contributed by atoms with van der Waals surface area (Å²) in [5, 5.41) is 9.64. The van der Waals surface area contributed by atoms with Gasteiger partial charge in [0, 0.05) is 18.2 Å². The van der Waals surface area contributed by atoms with E-state index in [0.29, 0.717) is 23.5 Å². The fourth-order valence-electron chi connectivity index (χ4n) is 2.92. The number of oxime groups is 1. The molecule has 7 heteroatoms. The molecule has 7 nitrogen and oxygen atoms in total. The lowest BCUT2D eigenvalue weighted by molar-refractivity contribution is -0.129. The molecule has 2 aromatic carbocycles. The first-order chi connectivity index (χ1) is 12.9. The van der Waals surface area contributed by atoms with Gasteiger partial charge in [-0.25, -0.2) is 0 Å². The Morgan fingerprint density at radius 3 is 2.78 bits per heavy atom. The van der Waals surface area contributed by atoms with Gasteiger partial charge in [-0.05, 0) is 31.5 Å². The number of amides is 2. The van der Waals surface area contributed by atoms with E-state index >= 15 is 0 Å². The molecule has 2 aliphatic heterocycles. The summed E-state index contributed by atoms with van der Waals surface area (Å²) in [5.41, 5.74) is 1.84. The molecular formula is C20H19N3O4. The molecule has 1 unspecified atom stereocenters.